The van der Waals surface area contributed by atoms with Crippen molar-refractivity contribution in [3.63, 3.8) is 0 Å². The number of aliphatic hydroxyl groups is 2. The van der Waals surface area contributed by atoms with Crippen molar-refractivity contribution in [2.45, 2.75) is 32.7 Å². The van der Waals surface area contributed by atoms with Gasteiger partial charge in [0.1, 0.15) is 0 Å². The quantitative estimate of drug-likeness (QED) is 0.714. The number of carbonyl (C=O) groups is 1. The Bertz CT molecular complexity index is 372. The highest BCUT2D eigenvalue weighted by Crippen LogP contribution is 2.22. The van der Waals surface area contributed by atoms with Gasteiger partial charge in [-0.3, -0.25) is 4.79 Å². The van der Waals surface area contributed by atoms with Gasteiger partial charge in [-0.2, -0.15) is 0 Å². The summed E-state index contributed by atoms with van der Waals surface area (Å²) in [5.74, 6) is -0.228. The Morgan fingerprint density at radius 1 is 1.47 bits per heavy atom. The molecule has 96 valence electrons. The van der Waals surface area contributed by atoms with E-state index in [2.05, 4.69) is 12.2 Å². The fraction of sp³-hybridized carbons (Fsp3) is 0.583. The molecule has 0 radical (unpaired) electrons. The first kappa shape index (κ1) is 14.2. The molecule has 1 heterocycles. The summed E-state index contributed by atoms with van der Waals surface area (Å²) in [6, 6.07) is 1.31. The second kappa shape index (κ2) is 6.74. The van der Waals surface area contributed by atoms with Crippen LogP contribution >= 0.6 is 11.3 Å². The van der Waals surface area contributed by atoms with E-state index in [1.165, 1.54) is 16.9 Å². The largest absolute Gasteiger partial charge is 0.394 e. The molecule has 1 amide bonds. The number of hydrogen-bond acceptors (Lipinski definition) is 4. The summed E-state index contributed by atoms with van der Waals surface area (Å²) in [4.78, 5) is 13.6. The first-order valence-corrected chi connectivity index (χ1v) is 6.55. The molecule has 0 aromatic carbocycles. The molecule has 1 rings (SSSR count). The van der Waals surface area contributed by atoms with Crippen molar-refractivity contribution < 1.29 is 15.0 Å². The molecule has 0 bridgehead atoms. The van der Waals surface area contributed by atoms with Gasteiger partial charge in [0.25, 0.3) is 5.91 Å². The zero-order valence-corrected chi connectivity index (χ0v) is 11.0. The lowest BCUT2D eigenvalue weighted by atomic mass is 10.1. The summed E-state index contributed by atoms with van der Waals surface area (Å²) >= 11 is 1.45. The zero-order valence-electron chi connectivity index (χ0n) is 10.2. The van der Waals surface area contributed by atoms with E-state index in [0.717, 1.165) is 17.7 Å². The van der Waals surface area contributed by atoms with Gasteiger partial charge >= 0.3 is 0 Å². The van der Waals surface area contributed by atoms with Crippen LogP contribution in [-0.2, 0) is 6.42 Å². The van der Waals surface area contributed by atoms with E-state index in [9.17, 15) is 4.79 Å². The zero-order chi connectivity index (χ0) is 12.8. The normalized spacial score (nSPS) is 10.9. The Kier molecular flexibility index (Phi) is 5.61. The number of nitrogens with one attached hydrogen (secondary N) is 1. The van der Waals surface area contributed by atoms with Crippen LogP contribution in [0.15, 0.2) is 6.07 Å². The lowest BCUT2D eigenvalue weighted by Crippen LogP contribution is -2.39. The summed E-state index contributed by atoms with van der Waals surface area (Å²) in [7, 11) is 0. The molecule has 17 heavy (non-hydrogen) atoms. The molecule has 0 fully saturated rings. The van der Waals surface area contributed by atoms with E-state index in [0.29, 0.717) is 4.88 Å². The fourth-order valence-corrected chi connectivity index (χ4v) is 2.53. The Hall–Kier alpha value is -0.910. The smallest absolute Gasteiger partial charge is 0.261 e. The van der Waals surface area contributed by atoms with Crippen LogP contribution < -0.4 is 5.32 Å². The van der Waals surface area contributed by atoms with Gasteiger partial charge in [0.05, 0.1) is 24.1 Å². The maximum atomic E-state index is 11.8. The lowest BCUT2D eigenvalue weighted by Gasteiger charge is -2.11. The van der Waals surface area contributed by atoms with Crippen LogP contribution in [0.1, 0.15) is 33.5 Å². The Balaban J connectivity index is 2.72. The molecular formula is C12H19NO3S. The molecule has 4 nitrogen and oxygen atoms in total. The van der Waals surface area contributed by atoms with Crippen molar-refractivity contribution in [3.05, 3.63) is 21.4 Å². The highest BCUT2D eigenvalue weighted by molar-refractivity contribution is 7.14. The van der Waals surface area contributed by atoms with E-state index < -0.39 is 6.04 Å². The van der Waals surface area contributed by atoms with Gasteiger partial charge in [-0.1, -0.05) is 13.3 Å². The Morgan fingerprint density at radius 3 is 2.65 bits per heavy atom. The molecule has 0 saturated heterocycles. The maximum Gasteiger partial charge on any atom is 0.261 e. The third-order valence-electron chi connectivity index (χ3n) is 2.54. The van der Waals surface area contributed by atoms with Gasteiger partial charge in [0.2, 0.25) is 0 Å². The average Bonchev–Trinajstić information content (AvgIpc) is 2.68. The Morgan fingerprint density at radius 2 is 2.12 bits per heavy atom. The van der Waals surface area contributed by atoms with Crippen molar-refractivity contribution in [2.24, 2.45) is 0 Å². The number of rotatable bonds is 6. The van der Waals surface area contributed by atoms with E-state index in [1.807, 2.05) is 13.0 Å². The average molecular weight is 257 g/mol. The summed E-state index contributed by atoms with van der Waals surface area (Å²) in [5.41, 5.74) is 1.20. The molecule has 1 aromatic rings. The van der Waals surface area contributed by atoms with E-state index in [-0.39, 0.29) is 19.1 Å². The molecular weight excluding hydrogens is 238 g/mol. The maximum absolute atomic E-state index is 11.8. The molecule has 5 heteroatoms. The number of amides is 1. The van der Waals surface area contributed by atoms with E-state index in [1.54, 1.807) is 0 Å². The summed E-state index contributed by atoms with van der Waals surface area (Å²) in [5, 5.41) is 20.4. The van der Waals surface area contributed by atoms with Crippen molar-refractivity contribution in [1.29, 1.82) is 0 Å². The minimum Gasteiger partial charge on any atom is -0.394 e. The summed E-state index contributed by atoms with van der Waals surface area (Å²) < 4.78 is 0. The van der Waals surface area contributed by atoms with Crippen LogP contribution in [0.25, 0.3) is 0 Å². The fourth-order valence-electron chi connectivity index (χ4n) is 1.55. The van der Waals surface area contributed by atoms with Crippen molar-refractivity contribution in [1.82, 2.24) is 5.32 Å². The monoisotopic (exact) mass is 257 g/mol. The standard InChI is InChI=1S/C12H19NO3S/c1-3-4-9-5-11(17-8(9)2)12(16)13-10(6-14)7-15/h5,10,14-15H,3-4,6-7H2,1-2H3,(H,13,16). The minimum atomic E-state index is -0.584. The third-order valence-corrected chi connectivity index (χ3v) is 3.63. The molecule has 0 unspecified atom stereocenters. The van der Waals surface area contributed by atoms with Gasteiger partial charge in [0, 0.05) is 4.88 Å². The molecule has 0 aliphatic heterocycles. The highest BCUT2D eigenvalue weighted by atomic mass is 32.1. The van der Waals surface area contributed by atoms with Gasteiger partial charge < -0.3 is 15.5 Å². The van der Waals surface area contributed by atoms with Gasteiger partial charge in [-0.15, -0.1) is 11.3 Å². The second-order valence-corrected chi connectivity index (χ2v) is 5.23. The number of aryl methyl sites for hydroxylation is 2. The number of aliphatic hydroxyl groups excluding tert-OH is 2. The highest BCUT2D eigenvalue weighted by Gasteiger charge is 2.15. The third kappa shape index (κ3) is 3.80. The van der Waals surface area contributed by atoms with Gasteiger partial charge in [-0.25, -0.2) is 0 Å². The van der Waals surface area contributed by atoms with Crippen LogP contribution in [0.4, 0.5) is 0 Å². The van der Waals surface area contributed by atoms with E-state index in [4.69, 9.17) is 10.2 Å². The number of carbonyl (C=O) groups excluding carboxylic acids is 1. The molecule has 0 saturated carbocycles. The molecule has 0 aliphatic carbocycles. The summed E-state index contributed by atoms with van der Waals surface area (Å²) in [6.45, 7) is 3.59. The van der Waals surface area contributed by atoms with Crippen molar-refractivity contribution in [2.75, 3.05) is 13.2 Å². The van der Waals surface area contributed by atoms with Crippen LogP contribution in [0.3, 0.4) is 0 Å². The predicted octanol–water partition coefficient (Wildman–Crippen LogP) is 1.09. The van der Waals surface area contributed by atoms with Crippen LogP contribution in [0.5, 0.6) is 0 Å². The first-order valence-electron chi connectivity index (χ1n) is 5.74. The SMILES string of the molecule is CCCc1cc(C(=O)NC(CO)CO)sc1C. The summed E-state index contributed by atoms with van der Waals surface area (Å²) in [6.07, 6.45) is 2.02. The van der Waals surface area contributed by atoms with Gasteiger partial charge in [-0.05, 0) is 25.0 Å². The second-order valence-electron chi connectivity index (χ2n) is 3.98. The van der Waals surface area contributed by atoms with Crippen LogP contribution in [0.2, 0.25) is 0 Å². The number of thiophene rings is 1. The molecule has 1 aromatic heterocycles. The van der Waals surface area contributed by atoms with Crippen molar-refractivity contribution >= 4 is 17.2 Å². The number of hydrogen-bond donors (Lipinski definition) is 3. The molecule has 3 N–H and O–H groups in total. The first-order chi connectivity index (χ1) is 8.12. The minimum absolute atomic E-state index is 0.228. The topological polar surface area (TPSA) is 69.6 Å². The predicted molar refractivity (Wildman–Crippen MR) is 68.5 cm³/mol. The van der Waals surface area contributed by atoms with E-state index >= 15 is 0 Å². The van der Waals surface area contributed by atoms with Gasteiger partial charge in [0.15, 0.2) is 0 Å². The lowest BCUT2D eigenvalue weighted by molar-refractivity contribution is 0.0883. The molecule has 0 spiro atoms. The molecule has 0 aliphatic rings. The van der Waals surface area contributed by atoms with Crippen LogP contribution in [-0.4, -0.2) is 35.4 Å². The van der Waals surface area contributed by atoms with Crippen LogP contribution in [0, 0.1) is 6.92 Å². The molecule has 0 atom stereocenters. The Labute approximate surface area is 105 Å². The van der Waals surface area contributed by atoms with Crippen molar-refractivity contribution in [3.8, 4) is 0 Å².